The number of benzene rings is 1. The van der Waals surface area contributed by atoms with Gasteiger partial charge in [0.2, 0.25) is 0 Å². The summed E-state index contributed by atoms with van der Waals surface area (Å²) in [7, 11) is 0. The SMILES string of the molecule is O=C(O)C1CN(C(=O)NCc2ccc(Cl)cc2)CCO1. The van der Waals surface area contributed by atoms with Gasteiger partial charge in [-0.15, -0.1) is 0 Å². The van der Waals surface area contributed by atoms with E-state index in [-0.39, 0.29) is 19.2 Å². The number of rotatable bonds is 3. The second-order valence-electron chi connectivity index (χ2n) is 4.43. The summed E-state index contributed by atoms with van der Waals surface area (Å²) in [6.45, 7) is 1.04. The van der Waals surface area contributed by atoms with Crippen LogP contribution in [0.25, 0.3) is 0 Å². The van der Waals surface area contributed by atoms with Gasteiger partial charge in [0.25, 0.3) is 0 Å². The molecule has 1 unspecified atom stereocenters. The Balaban J connectivity index is 1.85. The maximum absolute atomic E-state index is 11.9. The molecule has 1 saturated heterocycles. The highest BCUT2D eigenvalue weighted by atomic mass is 35.5. The largest absolute Gasteiger partial charge is 0.479 e. The molecule has 108 valence electrons. The number of nitrogens with zero attached hydrogens (tertiary/aromatic N) is 1. The number of amides is 2. The molecule has 1 aromatic carbocycles. The van der Waals surface area contributed by atoms with Gasteiger partial charge in [-0.05, 0) is 17.7 Å². The first-order valence-electron chi connectivity index (χ1n) is 6.18. The Hall–Kier alpha value is -1.79. The van der Waals surface area contributed by atoms with Crippen LogP contribution in [0.15, 0.2) is 24.3 Å². The van der Waals surface area contributed by atoms with Crippen LogP contribution < -0.4 is 5.32 Å². The second kappa shape index (κ2) is 6.58. The zero-order chi connectivity index (χ0) is 14.5. The molecule has 0 saturated carbocycles. The zero-order valence-corrected chi connectivity index (χ0v) is 11.5. The minimum absolute atomic E-state index is 0.0573. The molecule has 7 heteroatoms. The molecule has 2 rings (SSSR count). The first-order chi connectivity index (χ1) is 9.56. The van der Waals surface area contributed by atoms with Crippen LogP contribution in [-0.2, 0) is 16.1 Å². The van der Waals surface area contributed by atoms with Gasteiger partial charge in [-0.2, -0.15) is 0 Å². The molecule has 1 atom stereocenters. The fraction of sp³-hybridized carbons (Fsp3) is 0.385. The molecule has 1 fully saturated rings. The van der Waals surface area contributed by atoms with E-state index in [9.17, 15) is 9.59 Å². The van der Waals surface area contributed by atoms with Crippen molar-refractivity contribution < 1.29 is 19.4 Å². The monoisotopic (exact) mass is 298 g/mol. The predicted octanol–water partition coefficient (Wildman–Crippen LogP) is 1.34. The molecule has 1 heterocycles. The highest BCUT2D eigenvalue weighted by Crippen LogP contribution is 2.10. The summed E-state index contributed by atoms with van der Waals surface area (Å²) in [6.07, 6.45) is -0.954. The number of carboxylic acid groups (broad SMARTS) is 1. The van der Waals surface area contributed by atoms with Gasteiger partial charge in [-0.3, -0.25) is 0 Å². The van der Waals surface area contributed by atoms with Gasteiger partial charge in [-0.1, -0.05) is 23.7 Å². The molecule has 0 aromatic heterocycles. The molecule has 0 spiro atoms. The third kappa shape index (κ3) is 3.85. The Kier molecular flexibility index (Phi) is 4.81. The molecule has 2 N–H and O–H groups in total. The summed E-state index contributed by atoms with van der Waals surface area (Å²) in [5, 5.41) is 12.3. The molecular formula is C13H15ClN2O4. The standard InChI is InChI=1S/C13H15ClN2O4/c14-10-3-1-9(2-4-10)7-15-13(19)16-5-6-20-11(8-16)12(17)18/h1-4,11H,5-8H2,(H,15,19)(H,17,18). The van der Waals surface area contributed by atoms with Crippen LogP contribution in [0.2, 0.25) is 5.02 Å². The van der Waals surface area contributed by atoms with Gasteiger partial charge in [0.1, 0.15) is 0 Å². The summed E-state index contributed by atoms with van der Waals surface area (Å²) in [4.78, 5) is 24.2. The smallest absolute Gasteiger partial charge is 0.334 e. The molecule has 6 nitrogen and oxygen atoms in total. The van der Waals surface area contributed by atoms with Crippen molar-refractivity contribution in [2.24, 2.45) is 0 Å². The van der Waals surface area contributed by atoms with E-state index in [0.717, 1.165) is 5.56 Å². The fourth-order valence-electron chi connectivity index (χ4n) is 1.87. The van der Waals surface area contributed by atoms with E-state index in [4.69, 9.17) is 21.4 Å². The molecule has 20 heavy (non-hydrogen) atoms. The van der Waals surface area contributed by atoms with E-state index >= 15 is 0 Å². The first-order valence-corrected chi connectivity index (χ1v) is 6.55. The summed E-state index contributed by atoms with van der Waals surface area (Å²) in [6, 6.07) is 6.84. The summed E-state index contributed by atoms with van der Waals surface area (Å²) >= 11 is 5.78. The number of halogens is 1. The molecule has 1 aliphatic rings. The molecule has 2 amide bonds. The molecule has 0 bridgehead atoms. The highest BCUT2D eigenvalue weighted by molar-refractivity contribution is 6.30. The Morgan fingerprint density at radius 1 is 1.40 bits per heavy atom. The van der Waals surface area contributed by atoms with E-state index in [1.54, 1.807) is 12.1 Å². The van der Waals surface area contributed by atoms with E-state index in [0.29, 0.717) is 18.1 Å². The number of hydrogen-bond donors (Lipinski definition) is 2. The Morgan fingerprint density at radius 2 is 2.10 bits per heavy atom. The van der Waals surface area contributed by atoms with Crippen molar-refractivity contribution >= 4 is 23.6 Å². The van der Waals surface area contributed by atoms with Crippen molar-refractivity contribution in [1.29, 1.82) is 0 Å². The van der Waals surface area contributed by atoms with Gasteiger partial charge >= 0.3 is 12.0 Å². The quantitative estimate of drug-likeness (QED) is 0.882. The number of morpholine rings is 1. The van der Waals surface area contributed by atoms with E-state index in [1.165, 1.54) is 4.90 Å². The average Bonchev–Trinajstić information content (AvgIpc) is 2.46. The highest BCUT2D eigenvalue weighted by Gasteiger charge is 2.28. The van der Waals surface area contributed by atoms with Gasteiger partial charge < -0.3 is 20.1 Å². The molecular weight excluding hydrogens is 284 g/mol. The number of nitrogens with one attached hydrogen (secondary N) is 1. The minimum Gasteiger partial charge on any atom is -0.479 e. The van der Waals surface area contributed by atoms with E-state index in [1.807, 2.05) is 12.1 Å². The third-order valence-electron chi connectivity index (χ3n) is 2.99. The minimum atomic E-state index is -1.06. The van der Waals surface area contributed by atoms with Gasteiger partial charge in [0.05, 0.1) is 13.2 Å². The maximum atomic E-state index is 11.9. The Labute approximate surface area is 121 Å². The lowest BCUT2D eigenvalue weighted by molar-refractivity contribution is -0.154. The van der Waals surface area contributed by atoms with Gasteiger partial charge in [0.15, 0.2) is 6.10 Å². The van der Waals surface area contributed by atoms with Gasteiger partial charge in [0, 0.05) is 18.1 Å². The number of aliphatic carboxylic acids is 1. The van der Waals surface area contributed by atoms with Crippen LogP contribution in [-0.4, -0.2) is 47.8 Å². The number of carbonyl (C=O) groups is 2. The lowest BCUT2D eigenvalue weighted by Gasteiger charge is -2.30. The normalized spacial score (nSPS) is 18.6. The van der Waals surface area contributed by atoms with Crippen molar-refractivity contribution in [2.75, 3.05) is 19.7 Å². The number of hydrogen-bond acceptors (Lipinski definition) is 3. The lowest BCUT2D eigenvalue weighted by Crippen LogP contribution is -2.51. The van der Waals surface area contributed by atoms with Gasteiger partial charge in [-0.25, -0.2) is 9.59 Å². The topological polar surface area (TPSA) is 78.9 Å². The summed E-state index contributed by atoms with van der Waals surface area (Å²) < 4.78 is 5.06. The number of urea groups is 1. The number of carbonyl (C=O) groups excluding carboxylic acids is 1. The first kappa shape index (κ1) is 14.6. The van der Waals surface area contributed by atoms with Crippen LogP contribution in [0.4, 0.5) is 4.79 Å². The Bertz CT molecular complexity index is 492. The van der Waals surface area contributed by atoms with Crippen LogP contribution in [0, 0.1) is 0 Å². The van der Waals surface area contributed by atoms with Crippen LogP contribution in [0.5, 0.6) is 0 Å². The second-order valence-corrected chi connectivity index (χ2v) is 4.87. The van der Waals surface area contributed by atoms with Crippen molar-refractivity contribution in [1.82, 2.24) is 10.2 Å². The van der Waals surface area contributed by atoms with Crippen molar-refractivity contribution in [3.8, 4) is 0 Å². The van der Waals surface area contributed by atoms with Crippen LogP contribution in [0.3, 0.4) is 0 Å². The molecule has 0 radical (unpaired) electrons. The lowest BCUT2D eigenvalue weighted by atomic mass is 10.2. The van der Waals surface area contributed by atoms with Crippen LogP contribution >= 0.6 is 11.6 Å². The number of carboxylic acids is 1. The Morgan fingerprint density at radius 3 is 2.75 bits per heavy atom. The molecule has 0 aliphatic carbocycles. The van der Waals surface area contributed by atoms with E-state index in [2.05, 4.69) is 5.32 Å². The maximum Gasteiger partial charge on any atom is 0.334 e. The molecule has 1 aliphatic heterocycles. The molecule has 1 aromatic rings. The van der Waals surface area contributed by atoms with Crippen molar-refractivity contribution in [3.05, 3.63) is 34.9 Å². The predicted molar refractivity (Wildman–Crippen MR) is 72.6 cm³/mol. The third-order valence-corrected chi connectivity index (χ3v) is 3.24. The number of ether oxygens (including phenoxy) is 1. The van der Waals surface area contributed by atoms with Crippen molar-refractivity contribution in [2.45, 2.75) is 12.6 Å². The fourth-order valence-corrected chi connectivity index (χ4v) is 2.00. The summed E-state index contributed by atoms with van der Waals surface area (Å²) in [5.41, 5.74) is 0.922. The van der Waals surface area contributed by atoms with E-state index < -0.39 is 12.1 Å². The zero-order valence-electron chi connectivity index (χ0n) is 10.7. The van der Waals surface area contributed by atoms with Crippen LogP contribution in [0.1, 0.15) is 5.56 Å². The summed E-state index contributed by atoms with van der Waals surface area (Å²) in [5.74, 6) is -1.06. The average molecular weight is 299 g/mol. The van der Waals surface area contributed by atoms with Crippen molar-refractivity contribution in [3.63, 3.8) is 0 Å².